The van der Waals surface area contributed by atoms with Crippen molar-refractivity contribution in [3.05, 3.63) is 40.7 Å². The highest BCUT2D eigenvalue weighted by Gasteiger charge is 2.09. The molecule has 0 aliphatic rings. The molecule has 0 aliphatic heterocycles. The highest BCUT2D eigenvalue weighted by Crippen LogP contribution is 2.23. The minimum Gasteiger partial charge on any atom is -0.388 e. The largest absolute Gasteiger partial charge is 0.388 e. The van der Waals surface area contributed by atoms with Crippen molar-refractivity contribution in [3.8, 4) is 0 Å². The molecule has 1 aromatic carbocycles. The third kappa shape index (κ3) is 2.73. The topological polar surface area (TPSA) is 50.9 Å². The first kappa shape index (κ1) is 13.1. The van der Waals surface area contributed by atoms with Gasteiger partial charge in [0.15, 0.2) is 11.0 Å². The first-order chi connectivity index (χ1) is 8.61. The minimum atomic E-state index is -0.0759. The van der Waals surface area contributed by atoms with Crippen LogP contribution in [0.25, 0.3) is 0 Å². The van der Waals surface area contributed by atoms with Crippen molar-refractivity contribution in [2.24, 2.45) is 7.05 Å². The van der Waals surface area contributed by atoms with Crippen LogP contribution in [0.2, 0.25) is 0 Å². The molecule has 5 heteroatoms. The van der Waals surface area contributed by atoms with Crippen molar-refractivity contribution in [1.29, 1.82) is 0 Å². The van der Waals surface area contributed by atoms with E-state index in [0.717, 1.165) is 10.9 Å². The van der Waals surface area contributed by atoms with Crippen molar-refractivity contribution < 1.29 is 5.11 Å². The lowest BCUT2D eigenvalue weighted by molar-refractivity contribution is 0.266. The van der Waals surface area contributed by atoms with Gasteiger partial charge in [0.2, 0.25) is 0 Å². The van der Waals surface area contributed by atoms with Crippen LogP contribution in [-0.4, -0.2) is 19.9 Å². The Morgan fingerprint density at radius 1 is 1.28 bits per heavy atom. The summed E-state index contributed by atoms with van der Waals surface area (Å²) < 4.78 is 1.83. The van der Waals surface area contributed by atoms with Crippen molar-refractivity contribution >= 4 is 11.8 Å². The molecule has 0 saturated carbocycles. The highest BCUT2D eigenvalue weighted by atomic mass is 32.2. The molecule has 0 atom stereocenters. The monoisotopic (exact) mass is 263 g/mol. The van der Waals surface area contributed by atoms with Crippen LogP contribution in [0.3, 0.4) is 0 Å². The van der Waals surface area contributed by atoms with Crippen molar-refractivity contribution in [2.45, 2.75) is 31.4 Å². The van der Waals surface area contributed by atoms with Crippen molar-refractivity contribution in [1.82, 2.24) is 14.8 Å². The molecule has 1 N–H and O–H groups in total. The van der Waals surface area contributed by atoms with E-state index in [4.69, 9.17) is 5.11 Å². The SMILES string of the molecule is Cc1ccc(C)c(CSc2nnc(CO)n2C)c1. The van der Waals surface area contributed by atoms with Gasteiger partial charge in [0.05, 0.1) is 0 Å². The Morgan fingerprint density at radius 3 is 2.72 bits per heavy atom. The average molecular weight is 263 g/mol. The van der Waals surface area contributed by atoms with Gasteiger partial charge in [0.1, 0.15) is 6.61 Å². The van der Waals surface area contributed by atoms with E-state index in [9.17, 15) is 0 Å². The van der Waals surface area contributed by atoms with Crippen LogP contribution < -0.4 is 0 Å². The van der Waals surface area contributed by atoms with Gasteiger partial charge < -0.3 is 9.67 Å². The molecule has 0 radical (unpaired) electrons. The molecule has 2 aromatic rings. The van der Waals surface area contributed by atoms with Gasteiger partial charge in [0.25, 0.3) is 0 Å². The molecule has 0 amide bonds. The smallest absolute Gasteiger partial charge is 0.191 e. The molecule has 0 spiro atoms. The summed E-state index contributed by atoms with van der Waals surface area (Å²) in [6.45, 7) is 4.14. The lowest BCUT2D eigenvalue weighted by Crippen LogP contribution is -1.98. The van der Waals surface area contributed by atoms with Crippen LogP contribution in [0.15, 0.2) is 23.4 Å². The van der Waals surface area contributed by atoms with Gasteiger partial charge in [-0.05, 0) is 25.0 Å². The predicted octanol–water partition coefficient (Wildman–Crippen LogP) is 2.22. The molecular formula is C13H17N3OS. The number of rotatable bonds is 4. The van der Waals surface area contributed by atoms with Gasteiger partial charge in [-0.3, -0.25) is 0 Å². The number of aliphatic hydroxyl groups is 1. The maximum absolute atomic E-state index is 9.06. The van der Waals surface area contributed by atoms with Crippen LogP contribution in [0.4, 0.5) is 0 Å². The number of aryl methyl sites for hydroxylation is 2. The Kier molecular flexibility index (Phi) is 4.04. The standard InChI is InChI=1S/C13H17N3OS/c1-9-4-5-10(2)11(6-9)8-18-13-15-14-12(7-17)16(13)3/h4-6,17H,7-8H2,1-3H3. The molecular weight excluding hydrogens is 246 g/mol. The summed E-state index contributed by atoms with van der Waals surface area (Å²) in [5.41, 5.74) is 3.87. The van der Waals surface area contributed by atoms with Crippen LogP contribution in [0.1, 0.15) is 22.5 Å². The van der Waals surface area contributed by atoms with E-state index < -0.39 is 0 Å². The lowest BCUT2D eigenvalue weighted by atomic mass is 10.1. The minimum absolute atomic E-state index is 0.0759. The lowest BCUT2D eigenvalue weighted by Gasteiger charge is -2.06. The molecule has 18 heavy (non-hydrogen) atoms. The van der Waals surface area contributed by atoms with Gasteiger partial charge in [-0.1, -0.05) is 35.5 Å². The second kappa shape index (κ2) is 5.54. The molecule has 96 valence electrons. The van der Waals surface area contributed by atoms with Gasteiger partial charge in [-0.2, -0.15) is 0 Å². The van der Waals surface area contributed by atoms with E-state index >= 15 is 0 Å². The maximum Gasteiger partial charge on any atom is 0.191 e. The maximum atomic E-state index is 9.06. The highest BCUT2D eigenvalue weighted by molar-refractivity contribution is 7.98. The van der Waals surface area contributed by atoms with Gasteiger partial charge >= 0.3 is 0 Å². The van der Waals surface area contributed by atoms with Crippen molar-refractivity contribution in [2.75, 3.05) is 0 Å². The molecule has 0 saturated heterocycles. The quantitative estimate of drug-likeness (QED) is 0.859. The number of hydrogen-bond donors (Lipinski definition) is 1. The molecule has 1 aromatic heterocycles. The van der Waals surface area contributed by atoms with Crippen LogP contribution in [0, 0.1) is 13.8 Å². The summed E-state index contributed by atoms with van der Waals surface area (Å²) in [6, 6.07) is 6.46. The van der Waals surface area contributed by atoms with Crippen LogP contribution >= 0.6 is 11.8 Å². The Bertz CT molecular complexity index is 551. The normalized spacial score (nSPS) is 10.9. The van der Waals surface area contributed by atoms with E-state index in [1.54, 1.807) is 11.8 Å². The summed E-state index contributed by atoms with van der Waals surface area (Å²) in [5, 5.41) is 17.9. The van der Waals surface area contributed by atoms with E-state index in [1.165, 1.54) is 16.7 Å². The molecule has 0 aliphatic carbocycles. The van der Waals surface area contributed by atoms with E-state index in [1.807, 2.05) is 11.6 Å². The molecule has 0 unspecified atom stereocenters. The summed E-state index contributed by atoms with van der Waals surface area (Å²) in [7, 11) is 1.87. The fourth-order valence-corrected chi connectivity index (χ4v) is 2.70. The fourth-order valence-electron chi connectivity index (χ4n) is 1.71. The number of thioether (sulfide) groups is 1. The second-order valence-electron chi connectivity index (χ2n) is 4.33. The fraction of sp³-hybridized carbons (Fsp3) is 0.385. The Labute approximate surface area is 111 Å². The molecule has 1 heterocycles. The third-order valence-electron chi connectivity index (χ3n) is 2.93. The molecule has 0 fully saturated rings. The summed E-state index contributed by atoms with van der Waals surface area (Å²) in [5.74, 6) is 1.46. The second-order valence-corrected chi connectivity index (χ2v) is 5.28. The summed E-state index contributed by atoms with van der Waals surface area (Å²) >= 11 is 1.64. The van der Waals surface area contributed by atoms with Crippen LogP contribution in [-0.2, 0) is 19.4 Å². The number of aromatic nitrogens is 3. The first-order valence-corrected chi connectivity index (χ1v) is 6.78. The van der Waals surface area contributed by atoms with Gasteiger partial charge in [-0.25, -0.2) is 0 Å². The zero-order chi connectivity index (χ0) is 13.1. The molecule has 0 bridgehead atoms. The first-order valence-electron chi connectivity index (χ1n) is 5.80. The van der Waals surface area contributed by atoms with Crippen LogP contribution in [0.5, 0.6) is 0 Å². The van der Waals surface area contributed by atoms with Crippen molar-refractivity contribution in [3.63, 3.8) is 0 Å². The Hall–Kier alpha value is -1.33. The average Bonchev–Trinajstić information content (AvgIpc) is 2.71. The van der Waals surface area contributed by atoms with Gasteiger partial charge in [0, 0.05) is 12.8 Å². The molecule has 2 rings (SSSR count). The zero-order valence-electron chi connectivity index (χ0n) is 10.8. The predicted molar refractivity (Wildman–Crippen MR) is 72.4 cm³/mol. The summed E-state index contributed by atoms with van der Waals surface area (Å²) in [4.78, 5) is 0. The number of benzene rings is 1. The van der Waals surface area contributed by atoms with E-state index in [0.29, 0.717) is 5.82 Å². The van der Waals surface area contributed by atoms with E-state index in [-0.39, 0.29) is 6.61 Å². The Morgan fingerprint density at radius 2 is 2.06 bits per heavy atom. The number of aliphatic hydroxyl groups excluding tert-OH is 1. The number of hydrogen-bond acceptors (Lipinski definition) is 4. The zero-order valence-corrected chi connectivity index (χ0v) is 11.7. The third-order valence-corrected chi connectivity index (χ3v) is 4.00. The van der Waals surface area contributed by atoms with Gasteiger partial charge in [-0.15, -0.1) is 10.2 Å². The summed E-state index contributed by atoms with van der Waals surface area (Å²) in [6.07, 6.45) is 0. The Balaban J connectivity index is 2.11. The molecule has 4 nitrogen and oxygen atoms in total. The number of nitrogens with zero attached hydrogens (tertiary/aromatic N) is 3. The van der Waals surface area contributed by atoms with E-state index in [2.05, 4.69) is 42.2 Å².